The highest BCUT2D eigenvalue weighted by atomic mass is 35.5. The highest BCUT2D eigenvalue weighted by Crippen LogP contribution is 2.39. The number of rotatable bonds is 7. The molecule has 8 heteroatoms. The molecule has 2 atom stereocenters. The highest BCUT2D eigenvalue weighted by molar-refractivity contribution is 6.34. The van der Waals surface area contributed by atoms with Crippen molar-refractivity contribution in [2.45, 2.75) is 71.4 Å². The Morgan fingerprint density at radius 2 is 2.00 bits per heavy atom. The Bertz CT molecular complexity index is 1090. The number of carbonyl (C=O) groups is 2. The van der Waals surface area contributed by atoms with Gasteiger partial charge in [-0.1, -0.05) is 23.7 Å². The van der Waals surface area contributed by atoms with E-state index in [-0.39, 0.29) is 34.0 Å². The van der Waals surface area contributed by atoms with Crippen molar-refractivity contribution in [3.8, 4) is 0 Å². The summed E-state index contributed by atoms with van der Waals surface area (Å²) in [5.41, 5.74) is 7.70. The van der Waals surface area contributed by atoms with Gasteiger partial charge in [-0.05, 0) is 108 Å². The summed E-state index contributed by atoms with van der Waals surface area (Å²) in [4.78, 5) is 27.0. The molecule has 0 spiro atoms. The zero-order chi connectivity index (χ0) is 26.5. The quantitative estimate of drug-likeness (QED) is 0.444. The fourth-order valence-electron chi connectivity index (χ4n) is 4.87. The predicted octanol–water partition coefficient (Wildman–Crippen LogP) is 6.42. The lowest BCUT2D eigenvalue weighted by Gasteiger charge is -2.45. The molecule has 0 radical (unpaired) electrons. The normalized spacial score (nSPS) is 20.2. The molecule has 6 nitrogen and oxygen atoms in total. The number of nitrogens with one attached hydrogen (secondary N) is 1. The monoisotopic (exact) mass is 517 g/mol. The van der Waals surface area contributed by atoms with Crippen molar-refractivity contribution in [3.63, 3.8) is 0 Å². The van der Waals surface area contributed by atoms with E-state index in [1.165, 1.54) is 12.1 Å². The van der Waals surface area contributed by atoms with Gasteiger partial charge in [0, 0.05) is 18.3 Å². The van der Waals surface area contributed by atoms with Gasteiger partial charge in [0.05, 0.1) is 10.6 Å². The molecule has 0 bridgehead atoms. The molecule has 0 saturated carbocycles. The van der Waals surface area contributed by atoms with E-state index < -0.39 is 11.4 Å². The van der Waals surface area contributed by atoms with Gasteiger partial charge >= 0.3 is 6.09 Å². The van der Waals surface area contributed by atoms with Gasteiger partial charge in [0.2, 0.25) is 0 Å². The molecule has 36 heavy (non-hydrogen) atoms. The molecule has 3 rings (SSSR count). The van der Waals surface area contributed by atoms with E-state index in [4.69, 9.17) is 22.1 Å². The van der Waals surface area contributed by atoms with Crippen LogP contribution in [0.4, 0.5) is 14.9 Å². The molecular formula is C28H37ClFN3O3. The van der Waals surface area contributed by atoms with Crippen LogP contribution in [-0.4, -0.2) is 41.6 Å². The summed E-state index contributed by atoms with van der Waals surface area (Å²) in [6.07, 6.45) is 4.17. The largest absolute Gasteiger partial charge is 0.444 e. The van der Waals surface area contributed by atoms with Gasteiger partial charge in [-0.3, -0.25) is 4.79 Å². The molecule has 1 heterocycles. The number of hydrogen-bond donors (Lipinski definition) is 2. The van der Waals surface area contributed by atoms with Crippen molar-refractivity contribution in [3.05, 3.63) is 64.4 Å². The third-order valence-electron chi connectivity index (χ3n) is 6.74. The maximum atomic E-state index is 13.3. The molecule has 1 aliphatic heterocycles. The van der Waals surface area contributed by atoms with E-state index in [0.717, 1.165) is 43.7 Å². The molecule has 1 aliphatic rings. The second kappa shape index (κ2) is 11.6. The van der Waals surface area contributed by atoms with Gasteiger partial charge in [0.15, 0.2) is 0 Å². The second-order valence-corrected chi connectivity index (χ2v) is 11.2. The minimum Gasteiger partial charge on any atom is -0.444 e. The van der Waals surface area contributed by atoms with Gasteiger partial charge in [-0.15, -0.1) is 0 Å². The molecular weight excluding hydrogens is 481 g/mol. The molecule has 0 aliphatic carbocycles. The minimum atomic E-state index is -0.515. The number of nitrogens with zero attached hydrogens (tertiary/aromatic N) is 1. The van der Waals surface area contributed by atoms with Crippen LogP contribution < -0.4 is 11.1 Å². The van der Waals surface area contributed by atoms with E-state index in [2.05, 4.69) is 12.2 Å². The van der Waals surface area contributed by atoms with E-state index in [1.54, 1.807) is 0 Å². The Balaban J connectivity index is 1.56. The van der Waals surface area contributed by atoms with E-state index in [9.17, 15) is 14.0 Å². The third-order valence-corrected chi connectivity index (χ3v) is 7.05. The second-order valence-electron chi connectivity index (χ2n) is 10.8. The van der Waals surface area contributed by atoms with Crippen molar-refractivity contribution in [2.75, 3.05) is 18.4 Å². The van der Waals surface area contributed by atoms with Crippen LogP contribution in [0.3, 0.4) is 0 Å². The number of carbonyl (C=O) groups excluding carboxylic acids is 2. The molecule has 2 aromatic carbocycles. The fourth-order valence-corrected chi connectivity index (χ4v) is 5.12. The van der Waals surface area contributed by atoms with Crippen molar-refractivity contribution in [1.29, 1.82) is 0 Å². The number of aryl methyl sites for hydroxylation is 1. The first-order chi connectivity index (χ1) is 16.9. The first-order valence-corrected chi connectivity index (χ1v) is 12.8. The van der Waals surface area contributed by atoms with E-state index in [1.807, 2.05) is 49.9 Å². The summed E-state index contributed by atoms with van der Waals surface area (Å²) in [5, 5.41) is 2.91. The minimum absolute atomic E-state index is 0.0108. The third kappa shape index (κ3) is 7.43. The van der Waals surface area contributed by atoms with Crippen molar-refractivity contribution >= 4 is 29.3 Å². The Hall–Kier alpha value is -2.64. The molecule has 3 N–H and O–H groups in total. The van der Waals surface area contributed by atoms with Gasteiger partial charge in [-0.25, -0.2) is 9.18 Å². The summed E-state index contributed by atoms with van der Waals surface area (Å²) in [6, 6.07) is 11.5. The van der Waals surface area contributed by atoms with Crippen LogP contribution in [0, 0.1) is 11.2 Å². The number of hydrogen-bond acceptors (Lipinski definition) is 4. The van der Waals surface area contributed by atoms with Gasteiger partial charge in [-0.2, -0.15) is 0 Å². The number of ether oxygens (including phenoxy) is 1. The number of likely N-dealkylation sites (tertiary alicyclic amines) is 1. The van der Waals surface area contributed by atoms with Crippen LogP contribution in [0.2, 0.25) is 5.02 Å². The number of halogens is 2. The summed E-state index contributed by atoms with van der Waals surface area (Å²) in [7, 11) is 0. The summed E-state index contributed by atoms with van der Waals surface area (Å²) < 4.78 is 18.9. The molecule has 2 aromatic rings. The van der Waals surface area contributed by atoms with Gasteiger partial charge in [0.1, 0.15) is 11.4 Å². The number of amides is 2. The van der Waals surface area contributed by atoms with Gasteiger partial charge < -0.3 is 20.7 Å². The smallest absolute Gasteiger partial charge is 0.410 e. The molecule has 1 fully saturated rings. The van der Waals surface area contributed by atoms with Gasteiger partial charge in [0.25, 0.3) is 5.91 Å². The SMILES string of the molecule is C[C@@H]1C[C@@](CN)(CCCc2cccc(NC(=O)c3ccc(F)cc3Cl)c2)CCN1C(=O)OC(C)(C)C. The topological polar surface area (TPSA) is 84.7 Å². The lowest BCUT2D eigenvalue weighted by atomic mass is 9.72. The Labute approximate surface area is 218 Å². The fraction of sp³-hybridized carbons (Fsp3) is 0.500. The molecule has 1 saturated heterocycles. The van der Waals surface area contributed by atoms with Crippen LogP contribution in [0.15, 0.2) is 42.5 Å². The van der Waals surface area contributed by atoms with Crippen LogP contribution in [0.5, 0.6) is 0 Å². The average Bonchev–Trinajstić information content (AvgIpc) is 2.78. The van der Waals surface area contributed by atoms with Crippen LogP contribution >= 0.6 is 11.6 Å². The Morgan fingerprint density at radius 1 is 1.25 bits per heavy atom. The van der Waals surface area contributed by atoms with Crippen LogP contribution in [0.1, 0.15) is 69.3 Å². The van der Waals surface area contributed by atoms with E-state index >= 15 is 0 Å². The predicted molar refractivity (Wildman–Crippen MR) is 142 cm³/mol. The van der Waals surface area contributed by atoms with Crippen LogP contribution in [-0.2, 0) is 11.2 Å². The molecule has 0 aromatic heterocycles. The standard InChI is InChI=1S/C28H37ClFN3O3/c1-19-17-28(18-31,13-14-33(19)26(35)36-27(2,3)4)12-6-8-20-7-5-9-22(15-20)32-25(34)23-11-10-21(30)16-24(23)29/h5,7,9-11,15-16,19H,6,8,12-14,17-18,31H2,1-4H3,(H,32,34)/t19-,28-/m1/s1. The number of nitrogens with two attached hydrogens (primary N) is 1. The summed E-state index contributed by atoms with van der Waals surface area (Å²) in [5.74, 6) is -0.872. The maximum Gasteiger partial charge on any atom is 0.410 e. The van der Waals surface area contributed by atoms with E-state index in [0.29, 0.717) is 18.8 Å². The summed E-state index contributed by atoms with van der Waals surface area (Å²) >= 11 is 6.02. The first-order valence-electron chi connectivity index (χ1n) is 12.5. The molecule has 196 valence electrons. The van der Waals surface area contributed by atoms with Crippen molar-refractivity contribution in [2.24, 2.45) is 11.1 Å². The number of piperidine rings is 1. The highest BCUT2D eigenvalue weighted by Gasteiger charge is 2.39. The number of benzene rings is 2. The molecule has 2 amide bonds. The Kier molecular flexibility index (Phi) is 9.01. The zero-order valence-corrected chi connectivity index (χ0v) is 22.3. The summed E-state index contributed by atoms with van der Waals surface area (Å²) in [6.45, 7) is 8.91. The lowest BCUT2D eigenvalue weighted by Crippen LogP contribution is -2.52. The van der Waals surface area contributed by atoms with Crippen molar-refractivity contribution < 1.29 is 18.7 Å². The van der Waals surface area contributed by atoms with Crippen molar-refractivity contribution in [1.82, 2.24) is 4.90 Å². The average molecular weight is 518 g/mol. The molecule has 0 unspecified atom stereocenters. The maximum absolute atomic E-state index is 13.3. The lowest BCUT2D eigenvalue weighted by molar-refractivity contribution is -0.00573. The zero-order valence-electron chi connectivity index (χ0n) is 21.6. The Morgan fingerprint density at radius 3 is 2.64 bits per heavy atom. The number of anilines is 1. The van der Waals surface area contributed by atoms with Crippen LogP contribution in [0.25, 0.3) is 0 Å². The first kappa shape index (κ1) is 27.9.